The van der Waals surface area contributed by atoms with Crippen LogP contribution in [0.1, 0.15) is 6.92 Å². The summed E-state index contributed by atoms with van der Waals surface area (Å²) in [5.41, 5.74) is 0. The van der Waals surface area contributed by atoms with Gasteiger partial charge < -0.3 is 19.4 Å². The predicted octanol–water partition coefficient (Wildman–Crippen LogP) is -0.408. The van der Waals surface area contributed by atoms with Gasteiger partial charge in [0.05, 0.1) is 10.7 Å². The van der Waals surface area contributed by atoms with Gasteiger partial charge in [-0.1, -0.05) is 0 Å². The van der Waals surface area contributed by atoms with Crippen LogP contribution >= 0.6 is 0 Å². The van der Waals surface area contributed by atoms with Crippen molar-refractivity contribution < 1.29 is 31.3 Å². The molecule has 0 saturated carbocycles. The van der Waals surface area contributed by atoms with Gasteiger partial charge in [0, 0.05) is 13.0 Å². The van der Waals surface area contributed by atoms with Crippen LogP contribution in [0.2, 0.25) is 0 Å². The zero-order chi connectivity index (χ0) is 19.1. The van der Waals surface area contributed by atoms with Crippen LogP contribution < -0.4 is 25.3 Å². The number of carbonyl (C=O) groups is 1. The molecule has 0 radical (unpaired) electrons. The zero-order valence-corrected chi connectivity index (χ0v) is 13.9. The molecule has 1 aliphatic heterocycles. The number of benzene rings is 2. The van der Waals surface area contributed by atoms with E-state index in [0.717, 1.165) is 6.07 Å². The minimum absolute atomic E-state index is 0.162. The van der Waals surface area contributed by atoms with Gasteiger partial charge in [-0.2, -0.15) is 8.42 Å². The molecular formula is C15H10F2N3O5S-. The fourth-order valence-corrected chi connectivity index (χ4v) is 3.23. The average Bonchev–Trinajstić information content (AvgIpc) is 2.83. The van der Waals surface area contributed by atoms with Crippen LogP contribution in [0.15, 0.2) is 51.3 Å². The van der Waals surface area contributed by atoms with E-state index in [2.05, 4.69) is 9.98 Å². The van der Waals surface area contributed by atoms with E-state index in [9.17, 15) is 27.1 Å². The molecule has 1 atom stereocenters. The maximum absolute atomic E-state index is 13.2. The topological polar surface area (TPSA) is 120 Å². The summed E-state index contributed by atoms with van der Waals surface area (Å²) in [6.07, 6.45) is -1.58. The highest BCUT2D eigenvalue weighted by molar-refractivity contribution is 7.87. The summed E-state index contributed by atoms with van der Waals surface area (Å²) >= 11 is 0. The number of amides is 1. The van der Waals surface area contributed by atoms with Gasteiger partial charge >= 0.3 is 10.1 Å². The number of hydrogen-bond acceptors (Lipinski definition) is 7. The molecule has 1 unspecified atom stereocenters. The Labute approximate surface area is 145 Å². The predicted molar refractivity (Wildman–Crippen MR) is 79.9 cm³/mol. The monoisotopic (exact) mass is 382 g/mol. The molecule has 1 aliphatic rings. The molecule has 8 nitrogen and oxygen atoms in total. The van der Waals surface area contributed by atoms with Crippen LogP contribution in [-0.4, -0.2) is 20.3 Å². The molecule has 3 rings (SSSR count). The standard InChI is InChI=1S/C15H11F2N3O5S/c1-15(20-14(21)22)18-12-5-2-8(6-13(12)19-15)25-26(23,24)9-3-4-10(16)11(17)7-9/h2-7,20H,1H3,(H,21,22)/p-1. The second-order valence-corrected chi connectivity index (χ2v) is 6.97. The second-order valence-electron chi connectivity index (χ2n) is 5.42. The Kier molecular flexibility index (Phi) is 4.11. The van der Waals surface area contributed by atoms with Crippen molar-refractivity contribution in [1.82, 2.24) is 5.32 Å². The van der Waals surface area contributed by atoms with Gasteiger partial charge in [-0.15, -0.1) is 0 Å². The SMILES string of the molecule is CC1(NC(=O)[O-])N=c2ccc(OS(=O)(=O)c3ccc(F)c(F)c3)cc2=N1. The number of nitrogens with one attached hydrogen (secondary N) is 1. The Bertz CT molecular complexity index is 1140. The highest BCUT2D eigenvalue weighted by atomic mass is 32.2. The van der Waals surface area contributed by atoms with Crippen LogP contribution in [0.4, 0.5) is 13.6 Å². The maximum atomic E-state index is 13.2. The lowest BCUT2D eigenvalue weighted by molar-refractivity contribution is -0.252. The molecule has 0 aromatic heterocycles. The summed E-state index contributed by atoms with van der Waals surface area (Å²) in [6.45, 7) is 1.38. The fraction of sp³-hybridized carbons (Fsp3) is 0.133. The van der Waals surface area contributed by atoms with Crippen molar-refractivity contribution in [3.05, 3.63) is 58.7 Å². The number of nitrogens with zero attached hydrogens (tertiary/aromatic N) is 2. The number of hydrogen-bond donors (Lipinski definition) is 1. The molecule has 2 aromatic carbocycles. The first-order valence-corrected chi connectivity index (χ1v) is 8.47. The smallest absolute Gasteiger partial charge is 0.339 e. The van der Waals surface area contributed by atoms with Gasteiger partial charge in [0.15, 0.2) is 11.6 Å². The number of carbonyl (C=O) groups excluding carboxylic acids is 1. The van der Waals surface area contributed by atoms with Gasteiger partial charge in [0.2, 0.25) is 5.79 Å². The normalized spacial score (nSPS) is 18.4. The van der Waals surface area contributed by atoms with Crippen molar-refractivity contribution in [3.63, 3.8) is 0 Å². The van der Waals surface area contributed by atoms with Crippen LogP contribution in [0, 0.1) is 11.6 Å². The summed E-state index contributed by atoms with van der Waals surface area (Å²) in [5, 5.41) is 13.2. The molecule has 1 N–H and O–H groups in total. The van der Waals surface area contributed by atoms with Crippen LogP contribution in [0.5, 0.6) is 5.75 Å². The zero-order valence-electron chi connectivity index (χ0n) is 13.1. The van der Waals surface area contributed by atoms with E-state index in [-0.39, 0.29) is 11.1 Å². The quantitative estimate of drug-likeness (QED) is 0.721. The van der Waals surface area contributed by atoms with Crippen molar-refractivity contribution in [2.24, 2.45) is 9.98 Å². The number of fused-ring (bicyclic) bond motifs is 1. The minimum Gasteiger partial charge on any atom is -0.530 e. The van der Waals surface area contributed by atoms with Gasteiger partial charge in [-0.05, 0) is 30.3 Å². The third-order valence-corrected chi connectivity index (χ3v) is 4.59. The maximum Gasteiger partial charge on any atom is 0.339 e. The highest BCUT2D eigenvalue weighted by Crippen LogP contribution is 2.19. The van der Waals surface area contributed by atoms with E-state index in [4.69, 9.17) is 4.18 Å². The first kappa shape index (κ1) is 17.7. The molecule has 2 aromatic rings. The largest absolute Gasteiger partial charge is 0.530 e. The van der Waals surface area contributed by atoms with Gasteiger partial charge in [-0.25, -0.2) is 18.8 Å². The van der Waals surface area contributed by atoms with Crippen molar-refractivity contribution >= 4 is 16.2 Å². The van der Waals surface area contributed by atoms with Crippen LogP contribution in [0.25, 0.3) is 0 Å². The van der Waals surface area contributed by atoms with E-state index < -0.39 is 38.5 Å². The summed E-state index contributed by atoms with van der Waals surface area (Å²) < 4.78 is 55.4. The summed E-state index contributed by atoms with van der Waals surface area (Å²) in [6, 6.07) is 5.88. The van der Waals surface area contributed by atoms with Crippen LogP contribution in [-0.2, 0) is 10.1 Å². The molecular weight excluding hydrogens is 372 g/mol. The third-order valence-electron chi connectivity index (χ3n) is 3.35. The van der Waals surface area contributed by atoms with Gasteiger partial charge in [-0.3, -0.25) is 0 Å². The van der Waals surface area contributed by atoms with Crippen LogP contribution in [0.3, 0.4) is 0 Å². The van der Waals surface area contributed by atoms with Gasteiger partial charge in [0.25, 0.3) is 0 Å². The fourth-order valence-electron chi connectivity index (χ4n) is 2.29. The lowest BCUT2D eigenvalue weighted by Gasteiger charge is -2.20. The molecule has 0 fully saturated rings. The lowest BCUT2D eigenvalue weighted by Crippen LogP contribution is -2.48. The lowest BCUT2D eigenvalue weighted by atomic mass is 10.3. The van der Waals surface area contributed by atoms with E-state index in [1.165, 1.54) is 25.1 Å². The van der Waals surface area contributed by atoms with E-state index >= 15 is 0 Å². The first-order valence-electron chi connectivity index (χ1n) is 7.06. The van der Waals surface area contributed by atoms with Crippen molar-refractivity contribution in [1.29, 1.82) is 0 Å². The van der Waals surface area contributed by atoms with E-state index in [1.807, 2.05) is 5.32 Å². The molecule has 0 aliphatic carbocycles. The summed E-state index contributed by atoms with van der Waals surface area (Å²) in [7, 11) is -4.42. The number of halogens is 2. The Morgan fingerprint density at radius 2 is 1.81 bits per heavy atom. The highest BCUT2D eigenvalue weighted by Gasteiger charge is 2.25. The Hall–Kier alpha value is -3.08. The Morgan fingerprint density at radius 3 is 2.46 bits per heavy atom. The minimum atomic E-state index is -4.42. The second kappa shape index (κ2) is 6.02. The number of carboxylic acid groups (broad SMARTS) is 1. The van der Waals surface area contributed by atoms with Gasteiger partial charge in [0.1, 0.15) is 16.7 Å². The van der Waals surface area contributed by atoms with Crippen molar-refractivity contribution in [2.75, 3.05) is 0 Å². The molecule has 11 heteroatoms. The molecule has 0 bridgehead atoms. The molecule has 26 heavy (non-hydrogen) atoms. The Morgan fingerprint density at radius 1 is 1.12 bits per heavy atom. The molecule has 0 saturated heterocycles. The Balaban J connectivity index is 1.93. The molecule has 1 amide bonds. The van der Waals surface area contributed by atoms with Crippen molar-refractivity contribution in [3.8, 4) is 5.75 Å². The summed E-state index contributed by atoms with van der Waals surface area (Å²) in [4.78, 5) is 18.2. The number of rotatable bonds is 4. The first-order chi connectivity index (χ1) is 12.1. The molecule has 0 spiro atoms. The molecule has 136 valence electrons. The third kappa shape index (κ3) is 3.47. The average molecular weight is 382 g/mol. The summed E-state index contributed by atoms with van der Waals surface area (Å²) in [5.74, 6) is -4.19. The van der Waals surface area contributed by atoms with E-state index in [0.29, 0.717) is 17.5 Å². The molecule has 1 heterocycles. The van der Waals surface area contributed by atoms with Crippen molar-refractivity contribution in [2.45, 2.75) is 17.6 Å². The van der Waals surface area contributed by atoms with E-state index in [1.54, 1.807) is 0 Å².